The van der Waals surface area contributed by atoms with Gasteiger partial charge in [-0.2, -0.15) is 0 Å². The summed E-state index contributed by atoms with van der Waals surface area (Å²) in [7, 11) is 0. The van der Waals surface area contributed by atoms with Gasteiger partial charge in [-0.3, -0.25) is 0 Å². The highest BCUT2D eigenvalue weighted by Crippen LogP contribution is 2.15. The van der Waals surface area contributed by atoms with Gasteiger partial charge in [0.05, 0.1) is 12.2 Å². The zero-order valence-corrected chi connectivity index (χ0v) is 7.90. The summed E-state index contributed by atoms with van der Waals surface area (Å²) in [5.41, 5.74) is 1.70. The van der Waals surface area contributed by atoms with Crippen LogP contribution in [0.5, 0.6) is 0 Å². The molecule has 74 valence electrons. The number of carbonyl (C=O) groups is 1. The van der Waals surface area contributed by atoms with E-state index in [0.717, 1.165) is 5.56 Å². The Morgan fingerprint density at radius 1 is 1.36 bits per heavy atom. The Balaban J connectivity index is 3.02. The molecule has 3 heteroatoms. The Hall–Kier alpha value is -1.61. The lowest BCUT2D eigenvalue weighted by Crippen LogP contribution is -1.99. The van der Waals surface area contributed by atoms with Crippen LogP contribution >= 0.6 is 0 Å². The van der Waals surface area contributed by atoms with Crippen LogP contribution in [0.15, 0.2) is 30.3 Å². The number of hydrogen-bond acceptors (Lipinski definition) is 2. The first kappa shape index (κ1) is 10.5. The number of allylic oxidation sites excluding steroid dienone is 1. The number of carboxylic acids is 1. The van der Waals surface area contributed by atoms with E-state index in [1.807, 2.05) is 0 Å². The third-order valence-corrected chi connectivity index (χ3v) is 1.97. The van der Waals surface area contributed by atoms with Crippen LogP contribution in [-0.4, -0.2) is 16.2 Å². The lowest BCUT2D eigenvalue weighted by molar-refractivity contribution is -0.130. The van der Waals surface area contributed by atoms with Crippen LogP contribution in [0.3, 0.4) is 0 Å². The van der Waals surface area contributed by atoms with Crippen molar-refractivity contribution in [2.24, 2.45) is 0 Å². The molecule has 0 aliphatic carbocycles. The third-order valence-electron chi connectivity index (χ3n) is 1.97. The van der Waals surface area contributed by atoms with Crippen molar-refractivity contribution in [2.75, 3.05) is 0 Å². The Morgan fingerprint density at radius 3 is 2.29 bits per heavy atom. The Labute approximate surface area is 82.3 Å². The van der Waals surface area contributed by atoms with Crippen molar-refractivity contribution >= 4 is 11.5 Å². The van der Waals surface area contributed by atoms with Gasteiger partial charge in [0, 0.05) is 0 Å². The summed E-state index contributed by atoms with van der Waals surface area (Å²) < 4.78 is 0. The van der Waals surface area contributed by atoms with E-state index in [4.69, 9.17) is 10.2 Å². The zero-order chi connectivity index (χ0) is 10.6. The second-order valence-electron chi connectivity index (χ2n) is 2.86. The molecule has 3 nitrogen and oxygen atoms in total. The minimum atomic E-state index is -0.941. The first-order chi connectivity index (χ1) is 6.69. The largest absolute Gasteiger partial charge is 0.478 e. The molecule has 1 rings (SSSR count). The molecule has 0 aromatic heterocycles. The maximum absolute atomic E-state index is 10.8. The molecule has 0 bridgehead atoms. The number of carboxylic acid groups (broad SMARTS) is 1. The first-order valence-corrected chi connectivity index (χ1v) is 4.28. The van der Waals surface area contributed by atoms with E-state index in [1.54, 1.807) is 37.3 Å². The van der Waals surface area contributed by atoms with Crippen LogP contribution in [0.4, 0.5) is 0 Å². The lowest BCUT2D eigenvalue weighted by atomic mass is 10.0. The van der Waals surface area contributed by atoms with E-state index in [-0.39, 0.29) is 12.2 Å². The fraction of sp³-hybridized carbons (Fsp3) is 0.182. The SMILES string of the molecule is CC=C(C(=O)O)c1ccc(CO)cc1. The number of rotatable bonds is 3. The fourth-order valence-corrected chi connectivity index (χ4v) is 1.20. The molecule has 0 saturated carbocycles. The van der Waals surface area contributed by atoms with Crippen molar-refractivity contribution in [3.8, 4) is 0 Å². The predicted molar refractivity (Wildman–Crippen MR) is 53.7 cm³/mol. The van der Waals surface area contributed by atoms with Crippen molar-refractivity contribution in [2.45, 2.75) is 13.5 Å². The molecule has 0 fully saturated rings. The molecular formula is C11H12O3. The van der Waals surface area contributed by atoms with Gasteiger partial charge in [-0.05, 0) is 18.1 Å². The van der Waals surface area contributed by atoms with Gasteiger partial charge < -0.3 is 10.2 Å². The maximum atomic E-state index is 10.8. The number of hydrogen-bond donors (Lipinski definition) is 2. The molecule has 0 radical (unpaired) electrons. The summed E-state index contributed by atoms with van der Waals surface area (Å²) >= 11 is 0. The quantitative estimate of drug-likeness (QED) is 0.716. The van der Waals surface area contributed by atoms with Gasteiger partial charge in [0.1, 0.15) is 0 Å². The Kier molecular flexibility index (Phi) is 3.42. The molecule has 0 amide bonds. The molecule has 0 spiro atoms. The van der Waals surface area contributed by atoms with Gasteiger partial charge in [-0.1, -0.05) is 30.3 Å². The van der Waals surface area contributed by atoms with Crippen LogP contribution in [0.25, 0.3) is 5.57 Å². The molecule has 0 heterocycles. The van der Waals surface area contributed by atoms with Crippen molar-refractivity contribution in [1.82, 2.24) is 0 Å². The van der Waals surface area contributed by atoms with Gasteiger partial charge in [-0.15, -0.1) is 0 Å². The predicted octanol–water partition coefficient (Wildman–Crippen LogP) is 1.67. The van der Waals surface area contributed by atoms with E-state index < -0.39 is 5.97 Å². The number of aliphatic hydroxyl groups excluding tert-OH is 1. The molecule has 0 unspecified atom stereocenters. The molecule has 2 N–H and O–H groups in total. The highest BCUT2D eigenvalue weighted by atomic mass is 16.4. The standard InChI is InChI=1S/C11H12O3/c1-2-10(11(13)14)9-5-3-8(7-12)4-6-9/h2-6,12H,7H2,1H3,(H,13,14). The van der Waals surface area contributed by atoms with E-state index in [2.05, 4.69) is 0 Å². The van der Waals surface area contributed by atoms with Crippen molar-refractivity contribution < 1.29 is 15.0 Å². The monoisotopic (exact) mass is 192 g/mol. The van der Waals surface area contributed by atoms with E-state index >= 15 is 0 Å². The summed E-state index contributed by atoms with van der Waals surface area (Å²) in [5.74, 6) is -0.941. The fourth-order valence-electron chi connectivity index (χ4n) is 1.20. The average molecular weight is 192 g/mol. The number of benzene rings is 1. The van der Waals surface area contributed by atoms with Crippen molar-refractivity contribution in [1.29, 1.82) is 0 Å². The van der Waals surface area contributed by atoms with Gasteiger partial charge in [-0.25, -0.2) is 4.79 Å². The number of aliphatic carboxylic acids is 1. The number of aliphatic hydroxyl groups is 1. The summed E-state index contributed by atoms with van der Waals surface area (Å²) in [6, 6.07) is 6.80. The minimum Gasteiger partial charge on any atom is -0.478 e. The second-order valence-corrected chi connectivity index (χ2v) is 2.86. The first-order valence-electron chi connectivity index (χ1n) is 4.28. The molecule has 0 atom stereocenters. The minimum absolute atomic E-state index is 0.0292. The highest BCUT2D eigenvalue weighted by molar-refractivity contribution is 6.15. The van der Waals surface area contributed by atoms with Gasteiger partial charge in [0.25, 0.3) is 0 Å². The topological polar surface area (TPSA) is 57.5 Å². The third kappa shape index (κ3) is 2.20. The van der Waals surface area contributed by atoms with Crippen molar-refractivity contribution in [3.05, 3.63) is 41.5 Å². The van der Waals surface area contributed by atoms with Gasteiger partial charge in [0.2, 0.25) is 0 Å². The van der Waals surface area contributed by atoms with E-state index in [0.29, 0.717) is 5.56 Å². The molecule has 1 aromatic carbocycles. The molecular weight excluding hydrogens is 180 g/mol. The van der Waals surface area contributed by atoms with Gasteiger partial charge >= 0.3 is 5.97 Å². The van der Waals surface area contributed by atoms with Gasteiger partial charge in [0.15, 0.2) is 0 Å². The average Bonchev–Trinajstić information content (AvgIpc) is 2.19. The zero-order valence-electron chi connectivity index (χ0n) is 7.90. The van der Waals surface area contributed by atoms with E-state index in [9.17, 15) is 4.79 Å². The highest BCUT2D eigenvalue weighted by Gasteiger charge is 2.07. The molecule has 14 heavy (non-hydrogen) atoms. The van der Waals surface area contributed by atoms with Crippen LogP contribution in [0.2, 0.25) is 0 Å². The van der Waals surface area contributed by atoms with Crippen LogP contribution in [-0.2, 0) is 11.4 Å². The maximum Gasteiger partial charge on any atom is 0.335 e. The van der Waals surface area contributed by atoms with E-state index in [1.165, 1.54) is 0 Å². The molecule has 1 aromatic rings. The summed E-state index contributed by atoms with van der Waals surface area (Å²) in [6.07, 6.45) is 1.55. The summed E-state index contributed by atoms with van der Waals surface area (Å²) in [5, 5.41) is 17.6. The van der Waals surface area contributed by atoms with Crippen LogP contribution < -0.4 is 0 Å². The molecule has 0 aliphatic rings. The molecule has 0 aliphatic heterocycles. The summed E-state index contributed by atoms with van der Waals surface area (Å²) in [4.78, 5) is 10.8. The second kappa shape index (κ2) is 4.58. The normalized spacial score (nSPS) is 11.4. The smallest absolute Gasteiger partial charge is 0.335 e. The van der Waals surface area contributed by atoms with Crippen LogP contribution in [0, 0.1) is 0 Å². The van der Waals surface area contributed by atoms with Crippen LogP contribution in [0.1, 0.15) is 18.1 Å². The Morgan fingerprint density at radius 2 is 1.93 bits per heavy atom. The Bertz CT molecular complexity index is 349. The molecule has 0 saturated heterocycles. The van der Waals surface area contributed by atoms with Crippen molar-refractivity contribution in [3.63, 3.8) is 0 Å². The lowest BCUT2D eigenvalue weighted by Gasteiger charge is -2.02. The summed E-state index contributed by atoms with van der Waals surface area (Å²) in [6.45, 7) is 1.65.